The molecular weight excluding hydrogens is 707 g/mol. The molecular formula is C28H50N2NaO18S-. The van der Waals surface area contributed by atoms with E-state index in [1.54, 1.807) is 0 Å². The van der Waals surface area contributed by atoms with E-state index in [-0.39, 0.29) is 48.5 Å². The van der Waals surface area contributed by atoms with Gasteiger partial charge in [-0.2, -0.15) is 0 Å². The Balaban J connectivity index is 0.00000194. The van der Waals surface area contributed by atoms with E-state index >= 15 is 0 Å². The van der Waals surface area contributed by atoms with E-state index in [0.717, 1.165) is 6.42 Å². The van der Waals surface area contributed by atoms with Gasteiger partial charge in [-0.05, 0) is 38.4 Å². The number of rotatable bonds is 14. The van der Waals surface area contributed by atoms with Gasteiger partial charge in [0.05, 0.1) is 50.3 Å². The molecule has 0 aliphatic carbocycles. The summed E-state index contributed by atoms with van der Waals surface area (Å²) in [5.74, 6) is -1.43. The molecule has 10 N–H and O–H groups in total. The Hall–Kier alpha value is -0.670. The fourth-order valence-electron chi connectivity index (χ4n) is 5.77. The zero-order valence-corrected chi connectivity index (χ0v) is 31.2. The van der Waals surface area contributed by atoms with Crippen molar-refractivity contribution in [2.45, 2.75) is 126 Å². The van der Waals surface area contributed by atoms with Gasteiger partial charge >= 0.3 is 29.6 Å². The van der Waals surface area contributed by atoms with Crippen LogP contribution in [0.5, 0.6) is 0 Å². The number of carbonyl (C=O) groups is 2. The van der Waals surface area contributed by atoms with Gasteiger partial charge in [-0.3, -0.25) is 20.6 Å². The van der Waals surface area contributed by atoms with Gasteiger partial charge in [-0.25, -0.2) is 8.42 Å². The molecule has 6 unspecified atom stereocenters. The van der Waals surface area contributed by atoms with Crippen LogP contribution in [0, 0.1) is 12.3 Å². The van der Waals surface area contributed by atoms with Crippen molar-refractivity contribution in [3.63, 3.8) is 0 Å². The zero-order chi connectivity index (χ0) is 37.1. The van der Waals surface area contributed by atoms with Crippen LogP contribution in [0.15, 0.2) is 0 Å². The van der Waals surface area contributed by atoms with E-state index in [9.17, 15) is 45.3 Å². The second-order valence-electron chi connectivity index (χ2n) is 12.0. The molecule has 0 bridgehead atoms. The predicted molar refractivity (Wildman–Crippen MR) is 162 cm³/mol. The maximum Gasteiger partial charge on any atom is 1.00 e. The number of ether oxygens (including phenoxy) is 5. The van der Waals surface area contributed by atoms with Crippen LogP contribution in [-0.4, -0.2) is 171 Å². The number of nitrogens with one attached hydrogen (secondary N) is 2. The molecule has 3 fully saturated rings. The second-order valence-corrected chi connectivity index (χ2v) is 12.8. The topological polar surface area (TPSA) is 323 Å². The molecule has 50 heavy (non-hydrogen) atoms. The van der Waals surface area contributed by atoms with Crippen molar-refractivity contribution in [3.8, 4) is 0 Å². The average Bonchev–Trinajstić information content (AvgIpc) is 3.00. The third-order valence-electron chi connectivity index (χ3n) is 8.09. The standard InChI is InChI=1S/C28H49N2O14.Na.H2O4S/c1-4-6-21(36)29-7-5-8-40-28-22(30-14(3)33)15(9-18-24(38)25(39)23(37)13(2)41-18)26(20(12-32)43-28)44-27-17(35)10-16(34)19(11-31)42-27;;1-5(2,3)4/h10,13,15-20,22-28,31-32,34-35,37-39H,4-9,11-12H2,1-3H3,(H,29,36)(H,30,33);;(H2,1,2,3,4)/q-1;+1;/p-1/t13?,15-,16-,17?,18+,19?,20?,22?,23-,24?,25+,26+,27+,28-;;/m1../s1. The van der Waals surface area contributed by atoms with Gasteiger partial charge in [0.15, 0.2) is 12.6 Å². The second kappa shape index (κ2) is 22.5. The minimum Gasteiger partial charge on any atom is -0.726 e. The van der Waals surface area contributed by atoms with Crippen molar-refractivity contribution in [2.75, 3.05) is 26.4 Å². The molecule has 0 aromatic rings. The Bertz CT molecular complexity index is 1120. The molecule has 3 saturated heterocycles. The number of aliphatic hydroxyl groups excluding tert-OH is 7. The number of carbonyl (C=O) groups excluding carboxylic acids is 2. The SMILES string of the molecule is CCCC(=O)NCCCO[C@@H]1OC(CO)[C@@H](O[C@@H]2OC(CO)[C@H](O)[CH-]C2O)[C@H](C[C@@H]2OC(C)[C@@H](O)[C@H](O)C2O)C1NC(C)=O.O=S(=O)([O-])O.[Na+]. The van der Waals surface area contributed by atoms with E-state index in [0.29, 0.717) is 25.8 Å². The summed E-state index contributed by atoms with van der Waals surface area (Å²) >= 11 is 0. The fourth-order valence-corrected chi connectivity index (χ4v) is 5.77. The minimum atomic E-state index is -4.92. The van der Waals surface area contributed by atoms with Gasteiger partial charge < -0.3 is 74.6 Å². The maximum absolute atomic E-state index is 12.4. The van der Waals surface area contributed by atoms with Gasteiger partial charge in [0.1, 0.15) is 24.4 Å². The van der Waals surface area contributed by atoms with Crippen LogP contribution in [0.25, 0.3) is 0 Å². The van der Waals surface area contributed by atoms with E-state index in [2.05, 4.69) is 10.6 Å². The normalized spacial score (nSPS) is 37.4. The molecule has 0 radical (unpaired) electrons. The third-order valence-corrected chi connectivity index (χ3v) is 8.09. The summed E-state index contributed by atoms with van der Waals surface area (Å²) < 4.78 is 62.4. The van der Waals surface area contributed by atoms with Gasteiger partial charge in [0.2, 0.25) is 22.2 Å². The number of hydrogen-bond donors (Lipinski definition) is 10. The number of aliphatic hydroxyl groups is 7. The molecule has 0 aromatic carbocycles. The molecule has 0 spiro atoms. The van der Waals surface area contributed by atoms with Gasteiger partial charge in [0, 0.05) is 25.8 Å². The Labute approximate surface area is 312 Å². The molecule has 3 aliphatic rings. The number of amides is 2. The van der Waals surface area contributed by atoms with Crippen LogP contribution in [0.1, 0.15) is 46.5 Å². The Morgan fingerprint density at radius 1 is 0.920 bits per heavy atom. The first kappa shape index (κ1) is 47.4. The van der Waals surface area contributed by atoms with E-state index < -0.39 is 115 Å². The summed E-state index contributed by atoms with van der Waals surface area (Å²) in [7, 11) is -4.92. The first-order valence-electron chi connectivity index (χ1n) is 15.8. The van der Waals surface area contributed by atoms with Crippen molar-refractivity contribution in [2.24, 2.45) is 5.92 Å². The minimum absolute atomic E-state index is 0. The third kappa shape index (κ3) is 15.0. The Kier molecular flexibility index (Phi) is 21.3. The van der Waals surface area contributed by atoms with Crippen molar-refractivity contribution in [3.05, 3.63) is 6.42 Å². The van der Waals surface area contributed by atoms with E-state index in [1.807, 2.05) is 6.92 Å². The van der Waals surface area contributed by atoms with Crippen molar-refractivity contribution < 1.29 is 116 Å². The first-order valence-corrected chi connectivity index (χ1v) is 17.2. The predicted octanol–water partition coefficient (Wildman–Crippen LogP) is -7.56. The molecule has 3 heterocycles. The quantitative estimate of drug-likeness (QED) is 0.0259. The van der Waals surface area contributed by atoms with Crippen LogP contribution in [0.3, 0.4) is 0 Å². The summed E-state index contributed by atoms with van der Waals surface area (Å²) in [6.07, 6.45) is -12.5. The van der Waals surface area contributed by atoms with Crippen LogP contribution < -0.4 is 40.2 Å². The molecule has 14 atom stereocenters. The Morgan fingerprint density at radius 2 is 1.52 bits per heavy atom. The maximum atomic E-state index is 12.4. The van der Waals surface area contributed by atoms with Crippen molar-refractivity contribution in [1.29, 1.82) is 0 Å². The van der Waals surface area contributed by atoms with Crippen molar-refractivity contribution in [1.82, 2.24) is 10.6 Å². The van der Waals surface area contributed by atoms with Gasteiger partial charge in [0.25, 0.3) is 0 Å². The van der Waals surface area contributed by atoms with Crippen LogP contribution in [0.4, 0.5) is 0 Å². The summed E-state index contributed by atoms with van der Waals surface area (Å²) in [5, 5.41) is 77.7. The monoisotopic (exact) mass is 757 g/mol. The molecule has 3 aliphatic heterocycles. The zero-order valence-electron chi connectivity index (χ0n) is 28.4. The first-order chi connectivity index (χ1) is 22.9. The van der Waals surface area contributed by atoms with E-state index in [1.165, 1.54) is 13.8 Å². The van der Waals surface area contributed by atoms with Gasteiger partial charge in [-0.1, -0.05) is 6.92 Å². The summed E-state index contributed by atoms with van der Waals surface area (Å²) in [6.45, 7) is 3.94. The van der Waals surface area contributed by atoms with Crippen LogP contribution in [-0.2, 0) is 43.7 Å². The van der Waals surface area contributed by atoms with Gasteiger partial charge in [-0.15, -0.1) is 0 Å². The van der Waals surface area contributed by atoms with Crippen LogP contribution >= 0.6 is 0 Å². The summed E-state index contributed by atoms with van der Waals surface area (Å²) in [5.41, 5.74) is 0. The molecule has 2 amide bonds. The smallest absolute Gasteiger partial charge is 0.726 e. The largest absolute Gasteiger partial charge is 1.00 e. The van der Waals surface area contributed by atoms with Crippen molar-refractivity contribution >= 4 is 22.2 Å². The number of hydrogen-bond acceptors (Lipinski definition) is 17. The summed E-state index contributed by atoms with van der Waals surface area (Å²) in [4.78, 5) is 24.2. The molecule has 0 saturated carbocycles. The average molecular weight is 758 g/mol. The van der Waals surface area contributed by atoms with Crippen LogP contribution in [0.2, 0.25) is 0 Å². The summed E-state index contributed by atoms with van der Waals surface area (Å²) in [6, 6.07) is -0.978. The molecule has 20 nitrogen and oxygen atoms in total. The fraction of sp³-hybridized carbons (Fsp3) is 0.893. The van der Waals surface area contributed by atoms with E-state index in [4.69, 9.17) is 41.2 Å². The molecule has 22 heteroatoms. The Morgan fingerprint density at radius 3 is 2.08 bits per heavy atom. The molecule has 3 rings (SSSR count). The molecule has 0 aromatic heterocycles. The molecule has 288 valence electrons.